The van der Waals surface area contributed by atoms with E-state index in [1.807, 2.05) is 42.5 Å². The standard InChI is InChI=1S/C19H18ClNO3/c1-21(11-13-5-3-4-6-17(13)20)19(22)9-14-12-24-18-10-15(23-2)7-8-16(14)18/h3-8,10,12H,9,11H2,1-2H3. The van der Waals surface area contributed by atoms with E-state index >= 15 is 0 Å². The van der Waals surface area contributed by atoms with Gasteiger partial charge in [0, 0.05) is 35.6 Å². The smallest absolute Gasteiger partial charge is 0.227 e. The van der Waals surface area contributed by atoms with Crippen molar-refractivity contribution in [2.45, 2.75) is 13.0 Å². The number of likely N-dealkylation sites (N-methyl/N-ethyl adjacent to an activating group) is 1. The minimum absolute atomic E-state index is 0.00781. The Labute approximate surface area is 145 Å². The molecule has 0 saturated carbocycles. The number of carbonyl (C=O) groups excluding carboxylic acids is 1. The molecule has 0 saturated heterocycles. The molecule has 0 radical (unpaired) electrons. The van der Waals surface area contributed by atoms with Gasteiger partial charge in [-0.05, 0) is 23.8 Å². The van der Waals surface area contributed by atoms with Gasteiger partial charge in [0.1, 0.15) is 11.3 Å². The average molecular weight is 344 g/mol. The molecule has 24 heavy (non-hydrogen) atoms. The van der Waals surface area contributed by atoms with Crippen LogP contribution in [-0.2, 0) is 17.8 Å². The summed E-state index contributed by atoms with van der Waals surface area (Å²) in [5.41, 5.74) is 2.51. The van der Waals surface area contributed by atoms with Crippen LogP contribution in [-0.4, -0.2) is 25.0 Å². The highest BCUT2D eigenvalue weighted by atomic mass is 35.5. The fraction of sp³-hybridized carbons (Fsp3) is 0.211. The molecule has 5 heteroatoms. The zero-order valence-electron chi connectivity index (χ0n) is 13.6. The lowest BCUT2D eigenvalue weighted by Crippen LogP contribution is -2.27. The van der Waals surface area contributed by atoms with Crippen molar-refractivity contribution in [2.75, 3.05) is 14.2 Å². The zero-order chi connectivity index (χ0) is 17.1. The van der Waals surface area contributed by atoms with Crippen LogP contribution in [0.3, 0.4) is 0 Å². The van der Waals surface area contributed by atoms with Gasteiger partial charge in [0.25, 0.3) is 0 Å². The quantitative estimate of drug-likeness (QED) is 0.693. The van der Waals surface area contributed by atoms with E-state index in [4.69, 9.17) is 20.8 Å². The number of methoxy groups -OCH3 is 1. The molecule has 4 nitrogen and oxygen atoms in total. The Balaban J connectivity index is 1.73. The summed E-state index contributed by atoms with van der Waals surface area (Å²) < 4.78 is 10.7. The van der Waals surface area contributed by atoms with Crippen LogP contribution in [0.15, 0.2) is 53.1 Å². The number of fused-ring (bicyclic) bond motifs is 1. The van der Waals surface area contributed by atoms with Gasteiger partial charge in [-0.2, -0.15) is 0 Å². The number of ether oxygens (including phenoxy) is 1. The van der Waals surface area contributed by atoms with Crippen molar-refractivity contribution in [3.63, 3.8) is 0 Å². The van der Waals surface area contributed by atoms with Crippen LogP contribution in [0.1, 0.15) is 11.1 Å². The van der Waals surface area contributed by atoms with Crippen molar-refractivity contribution >= 4 is 28.5 Å². The Morgan fingerprint density at radius 1 is 1.21 bits per heavy atom. The molecule has 0 atom stereocenters. The third kappa shape index (κ3) is 3.39. The number of rotatable bonds is 5. The number of amides is 1. The van der Waals surface area contributed by atoms with E-state index in [0.29, 0.717) is 17.2 Å². The lowest BCUT2D eigenvalue weighted by atomic mass is 10.1. The van der Waals surface area contributed by atoms with E-state index in [0.717, 1.165) is 22.3 Å². The molecule has 0 fully saturated rings. The van der Waals surface area contributed by atoms with E-state index in [1.54, 1.807) is 25.3 Å². The van der Waals surface area contributed by atoms with Gasteiger partial charge in [-0.25, -0.2) is 0 Å². The van der Waals surface area contributed by atoms with Gasteiger partial charge in [-0.3, -0.25) is 4.79 Å². The third-order valence-corrected chi connectivity index (χ3v) is 4.36. The minimum Gasteiger partial charge on any atom is -0.497 e. The lowest BCUT2D eigenvalue weighted by molar-refractivity contribution is -0.129. The third-order valence-electron chi connectivity index (χ3n) is 4.00. The van der Waals surface area contributed by atoms with Crippen LogP contribution >= 0.6 is 11.6 Å². The van der Waals surface area contributed by atoms with Gasteiger partial charge in [-0.1, -0.05) is 29.8 Å². The highest BCUT2D eigenvalue weighted by Crippen LogP contribution is 2.26. The molecule has 0 spiro atoms. The molecule has 0 bridgehead atoms. The summed E-state index contributed by atoms with van der Waals surface area (Å²) in [5.74, 6) is 0.735. The Kier molecular flexibility index (Phi) is 4.76. The van der Waals surface area contributed by atoms with Gasteiger partial charge in [0.2, 0.25) is 5.91 Å². The SMILES string of the molecule is COc1ccc2c(CC(=O)N(C)Cc3ccccc3Cl)coc2c1. The molecule has 1 aromatic heterocycles. The Bertz CT molecular complexity index is 872. The molecule has 3 rings (SSSR count). The van der Waals surface area contributed by atoms with Crippen LogP contribution in [0.25, 0.3) is 11.0 Å². The number of hydrogen-bond donors (Lipinski definition) is 0. The van der Waals surface area contributed by atoms with Crippen LogP contribution < -0.4 is 4.74 Å². The maximum absolute atomic E-state index is 12.5. The van der Waals surface area contributed by atoms with Crippen molar-refractivity contribution in [1.29, 1.82) is 0 Å². The van der Waals surface area contributed by atoms with Crippen LogP contribution in [0.5, 0.6) is 5.75 Å². The fourth-order valence-corrected chi connectivity index (χ4v) is 2.79. The van der Waals surface area contributed by atoms with Crippen molar-refractivity contribution in [2.24, 2.45) is 0 Å². The van der Waals surface area contributed by atoms with E-state index < -0.39 is 0 Å². The molecule has 1 heterocycles. The number of benzene rings is 2. The summed E-state index contributed by atoms with van der Waals surface area (Å²) in [4.78, 5) is 14.2. The molecule has 0 aliphatic rings. The first-order valence-electron chi connectivity index (χ1n) is 7.60. The predicted molar refractivity (Wildman–Crippen MR) is 94.4 cm³/mol. The van der Waals surface area contributed by atoms with Crippen LogP contribution in [0, 0.1) is 0 Å². The van der Waals surface area contributed by atoms with Crippen molar-refractivity contribution in [3.05, 3.63) is 64.9 Å². The minimum atomic E-state index is 0.00781. The molecule has 1 amide bonds. The maximum atomic E-state index is 12.5. The highest BCUT2D eigenvalue weighted by Gasteiger charge is 2.15. The molecule has 0 N–H and O–H groups in total. The highest BCUT2D eigenvalue weighted by molar-refractivity contribution is 6.31. The second-order valence-corrected chi connectivity index (χ2v) is 6.05. The second-order valence-electron chi connectivity index (χ2n) is 5.64. The Hall–Kier alpha value is -2.46. The number of hydrogen-bond acceptors (Lipinski definition) is 3. The second kappa shape index (κ2) is 6.97. The molecule has 124 valence electrons. The van der Waals surface area contributed by atoms with Gasteiger partial charge in [-0.15, -0.1) is 0 Å². The Morgan fingerprint density at radius 2 is 2.00 bits per heavy atom. The molecule has 0 aliphatic heterocycles. The van der Waals surface area contributed by atoms with Gasteiger partial charge in [0.15, 0.2) is 0 Å². The zero-order valence-corrected chi connectivity index (χ0v) is 14.3. The van der Waals surface area contributed by atoms with E-state index in [9.17, 15) is 4.79 Å². The van der Waals surface area contributed by atoms with Gasteiger partial charge >= 0.3 is 0 Å². The number of nitrogens with zero attached hydrogens (tertiary/aromatic N) is 1. The molecular weight excluding hydrogens is 326 g/mol. The first-order chi connectivity index (χ1) is 11.6. The monoisotopic (exact) mass is 343 g/mol. The summed E-state index contributed by atoms with van der Waals surface area (Å²) in [7, 11) is 3.38. The predicted octanol–water partition coefficient (Wildman–Crippen LogP) is 4.30. The lowest BCUT2D eigenvalue weighted by Gasteiger charge is -2.17. The largest absolute Gasteiger partial charge is 0.497 e. The van der Waals surface area contributed by atoms with Gasteiger partial charge in [0.05, 0.1) is 19.8 Å². The van der Waals surface area contributed by atoms with E-state index in [1.165, 1.54) is 0 Å². The van der Waals surface area contributed by atoms with Crippen LogP contribution in [0.4, 0.5) is 0 Å². The van der Waals surface area contributed by atoms with E-state index in [-0.39, 0.29) is 12.3 Å². The molecule has 2 aromatic carbocycles. The van der Waals surface area contributed by atoms with Crippen molar-refractivity contribution in [1.82, 2.24) is 4.90 Å². The summed E-state index contributed by atoms with van der Waals surface area (Å²) in [6.45, 7) is 0.474. The van der Waals surface area contributed by atoms with Gasteiger partial charge < -0.3 is 14.1 Å². The molecule has 3 aromatic rings. The Morgan fingerprint density at radius 3 is 2.75 bits per heavy atom. The summed E-state index contributed by atoms with van der Waals surface area (Å²) in [6.07, 6.45) is 1.91. The number of carbonyl (C=O) groups is 1. The normalized spacial score (nSPS) is 10.8. The topological polar surface area (TPSA) is 42.7 Å². The summed E-state index contributed by atoms with van der Waals surface area (Å²) in [6, 6.07) is 13.1. The molecule has 0 unspecified atom stereocenters. The molecule has 0 aliphatic carbocycles. The summed E-state index contributed by atoms with van der Waals surface area (Å²) >= 11 is 6.16. The van der Waals surface area contributed by atoms with Crippen LogP contribution in [0.2, 0.25) is 5.02 Å². The summed E-state index contributed by atoms with van der Waals surface area (Å²) in [5, 5.41) is 1.59. The van der Waals surface area contributed by atoms with Crippen molar-refractivity contribution < 1.29 is 13.9 Å². The van der Waals surface area contributed by atoms with Crippen molar-refractivity contribution in [3.8, 4) is 5.75 Å². The number of halogens is 1. The first kappa shape index (κ1) is 16.4. The fourth-order valence-electron chi connectivity index (χ4n) is 2.60. The van der Waals surface area contributed by atoms with E-state index in [2.05, 4.69) is 0 Å². The number of furan rings is 1. The average Bonchev–Trinajstić information content (AvgIpc) is 2.98. The molecular formula is C19H18ClNO3. The first-order valence-corrected chi connectivity index (χ1v) is 7.98. The maximum Gasteiger partial charge on any atom is 0.227 e.